The average Bonchev–Trinajstić information content (AvgIpc) is 3.43. The largest absolute Gasteiger partial charge is 0.495 e. The quantitative estimate of drug-likeness (QED) is 0.247. The summed E-state index contributed by atoms with van der Waals surface area (Å²) < 4.78 is 86.4. The Balaban J connectivity index is 1.33. The van der Waals surface area contributed by atoms with Crippen LogP contribution in [-0.4, -0.2) is 79.6 Å². The van der Waals surface area contributed by atoms with Crippen LogP contribution in [0.15, 0.2) is 66.7 Å². The fourth-order valence-corrected chi connectivity index (χ4v) is 6.51. The average molecular weight is 669 g/mol. The van der Waals surface area contributed by atoms with Gasteiger partial charge in [0.05, 0.1) is 30.0 Å². The Bertz CT molecular complexity index is 1490. The van der Waals surface area contributed by atoms with Crippen LogP contribution in [0.4, 0.5) is 32.0 Å². The van der Waals surface area contributed by atoms with E-state index >= 15 is 0 Å². The fraction of sp³-hybridized carbons (Fsp3) is 0.424. The highest BCUT2D eigenvalue weighted by atomic mass is 35.5. The number of alkyl halides is 6. The number of hydrogen-bond donors (Lipinski definition) is 0. The molecule has 2 heterocycles. The maximum Gasteiger partial charge on any atom is 0.416 e. The Morgan fingerprint density at radius 3 is 2.15 bits per heavy atom. The smallest absolute Gasteiger partial charge is 0.416 e. The molecular formula is C33H35ClF6N4O2. The third-order valence-corrected chi connectivity index (χ3v) is 8.90. The number of nitrogens with zero attached hydrogens (tertiary/aromatic N) is 4. The summed E-state index contributed by atoms with van der Waals surface area (Å²) in [7, 11) is 3.28. The molecule has 2 aliphatic rings. The number of piperazine rings is 1. The zero-order valence-corrected chi connectivity index (χ0v) is 26.2. The molecule has 2 saturated heterocycles. The van der Waals surface area contributed by atoms with E-state index in [1.54, 1.807) is 25.1 Å². The van der Waals surface area contributed by atoms with Crippen LogP contribution >= 0.6 is 11.6 Å². The van der Waals surface area contributed by atoms with Gasteiger partial charge in [0.25, 0.3) is 0 Å². The normalized spacial score (nSPS) is 19.6. The van der Waals surface area contributed by atoms with Crippen LogP contribution in [-0.2, 0) is 30.2 Å². The molecule has 3 aromatic rings. The molecule has 0 radical (unpaired) electrons. The summed E-state index contributed by atoms with van der Waals surface area (Å²) >= 11 is 6.22. The summed E-state index contributed by atoms with van der Waals surface area (Å²) in [5.41, 5.74) is -0.957. The molecule has 0 spiro atoms. The minimum absolute atomic E-state index is 0.0592. The molecule has 6 nitrogen and oxygen atoms in total. The van der Waals surface area contributed by atoms with Gasteiger partial charge >= 0.3 is 12.4 Å². The van der Waals surface area contributed by atoms with Crippen molar-refractivity contribution < 1.29 is 35.9 Å². The van der Waals surface area contributed by atoms with Crippen LogP contribution in [0.3, 0.4) is 0 Å². The van der Waals surface area contributed by atoms with E-state index in [0.717, 1.165) is 29.1 Å². The van der Waals surface area contributed by atoms with Gasteiger partial charge in [-0.25, -0.2) is 0 Å². The second-order valence-corrected chi connectivity index (χ2v) is 12.2. The summed E-state index contributed by atoms with van der Waals surface area (Å²) in [4.78, 5) is 21.8. The lowest BCUT2D eigenvalue weighted by Gasteiger charge is -2.38. The van der Waals surface area contributed by atoms with Gasteiger partial charge in [-0.15, -0.1) is 0 Å². The molecule has 2 atom stereocenters. The van der Waals surface area contributed by atoms with Crippen molar-refractivity contribution in [2.75, 3.05) is 51.8 Å². The van der Waals surface area contributed by atoms with Crippen LogP contribution in [0.1, 0.15) is 28.7 Å². The predicted octanol–water partition coefficient (Wildman–Crippen LogP) is 6.81. The van der Waals surface area contributed by atoms with Gasteiger partial charge in [-0.2, -0.15) is 26.3 Å². The third kappa shape index (κ3) is 7.90. The Labute approximate surface area is 269 Å². The summed E-state index contributed by atoms with van der Waals surface area (Å²) in [6, 6.07) is 15.8. The van der Waals surface area contributed by atoms with Crippen LogP contribution in [0.5, 0.6) is 5.75 Å². The molecule has 1 amide bonds. The van der Waals surface area contributed by atoms with E-state index in [1.165, 1.54) is 0 Å². The lowest BCUT2D eigenvalue weighted by molar-refractivity contribution is -0.143. The number of likely N-dealkylation sites (N-methyl/N-ethyl adjacent to an activating group) is 1. The SMILES string of the molecule is COc1ccccc1N1CCN(C(=O)[C@@H]2C[C@H](N(C)Cc3cc(C(F)(F)F)cc(C(F)(F)F)c3)CN2Cc2cccc(Cl)c2)CC1. The number of carbonyl (C=O) groups is 1. The highest BCUT2D eigenvalue weighted by molar-refractivity contribution is 6.30. The summed E-state index contributed by atoms with van der Waals surface area (Å²) in [5.74, 6) is 0.691. The highest BCUT2D eigenvalue weighted by Crippen LogP contribution is 2.37. The molecule has 0 N–H and O–H groups in total. The first-order valence-electron chi connectivity index (χ1n) is 14.9. The van der Waals surface area contributed by atoms with Crippen molar-refractivity contribution in [3.05, 3.63) is 94.0 Å². The Morgan fingerprint density at radius 2 is 1.54 bits per heavy atom. The molecule has 2 fully saturated rings. The summed E-state index contributed by atoms with van der Waals surface area (Å²) in [6.07, 6.45) is -9.49. The van der Waals surface area contributed by atoms with Gasteiger partial charge in [-0.3, -0.25) is 14.6 Å². The number of para-hydroxylation sites is 2. The van der Waals surface area contributed by atoms with Gasteiger partial charge in [0.2, 0.25) is 5.91 Å². The first-order chi connectivity index (χ1) is 21.7. The Morgan fingerprint density at radius 1 is 0.891 bits per heavy atom. The van der Waals surface area contributed by atoms with Crippen molar-refractivity contribution in [1.29, 1.82) is 0 Å². The highest BCUT2D eigenvalue weighted by Gasteiger charge is 2.42. The number of ether oxygens (including phenoxy) is 1. The van der Waals surface area contributed by atoms with E-state index in [2.05, 4.69) is 4.90 Å². The molecule has 0 unspecified atom stereocenters. The van der Waals surface area contributed by atoms with E-state index in [0.29, 0.717) is 50.7 Å². The van der Waals surface area contributed by atoms with E-state index in [-0.39, 0.29) is 30.1 Å². The van der Waals surface area contributed by atoms with Gasteiger partial charge in [-0.1, -0.05) is 35.9 Å². The van der Waals surface area contributed by atoms with Gasteiger partial charge < -0.3 is 14.5 Å². The molecule has 46 heavy (non-hydrogen) atoms. The minimum Gasteiger partial charge on any atom is -0.495 e. The maximum absolute atomic E-state index is 14.0. The zero-order chi connectivity index (χ0) is 33.2. The van der Waals surface area contributed by atoms with E-state index in [9.17, 15) is 31.1 Å². The molecule has 0 aliphatic carbocycles. The molecule has 5 rings (SSSR count). The Hall–Kier alpha value is -3.48. The number of anilines is 1. The molecule has 0 aromatic heterocycles. The van der Waals surface area contributed by atoms with Crippen molar-refractivity contribution in [1.82, 2.24) is 14.7 Å². The maximum atomic E-state index is 14.0. The number of rotatable bonds is 8. The van der Waals surface area contributed by atoms with Crippen molar-refractivity contribution >= 4 is 23.2 Å². The van der Waals surface area contributed by atoms with Crippen LogP contribution < -0.4 is 9.64 Å². The molecular weight excluding hydrogens is 634 g/mol. The monoisotopic (exact) mass is 668 g/mol. The van der Waals surface area contributed by atoms with Gasteiger partial charge in [-0.05, 0) is 67.1 Å². The second kappa shape index (κ2) is 13.7. The van der Waals surface area contributed by atoms with Crippen LogP contribution in [0.2, 0.25) is 5.02 Å². The molecule has 13 heteroatoms. The van der Waals surface area contributed by atoms with Gasteiger partial charge in [0.1, 0.15) is 5.75 Å². The number of hydrogen-bond acceptors (Lipinski definition) is 5. The Kier molecular flexibility index (Phi) is 10.1. The third-order valence-electron chi connectivity index (χ3n) is 8.66. The second-order valence-electron chi connectivity index (χ2n) is 11.8. The molecule has 3 aromatic carbocycles. The standard InChI is InChI=1S/C33H35ClF6N4O2/c1-41(19-23-14-24(32(35,36)37)17-25(15-23)33(38,39)40)27-18-29(44(21-27)20-22-6-5-7-26(34)16-22)31(45)43-12-10-42(11-13-43)28-8-3-4-9-30(28)46-2/h3-9,14-17,27,29H,10-13,18-21H2,1-2H3/t27-,29-/m0/s1. The van der Waals surface area contributed by atoms with Crippen LogP contribution in [0, 0.1) is 0 Å². The van der Waals surface area contributed by atoms with Crippen molar-refractivity contribution in [3.8, 4) is 5.75 Å². The minimum atomic E-state index is -4.93. The molecule has 2 aliphatic heterocycles. The molecule has 0 bridgehead atoms. The first-order valence-corrected chi connectivity index (χ1v) is 15.2. The van der Waals surface area contributed by atoms with E-state index < -0.39 is 29.5 Å². The van der Waals surface area contributed by atoms with Crippen molar-refractivity contribution in [2.45, 2.75) is 43.9 Å². The molecule has 0 saturated carbocycles. The van der Waals surface area contributed by atoms with Gasteiger partial charge in [0.15, 0.2) is 0 Å². The number of benzene rings is 3. The van der Waals surface area contributed by atoms with Crippen molar-refractivity contribution in [3.63, 3.8) is 0 Å². The number of halogens is 7. The lowest BCUT2D eigenvalue weighted by Crippen LogP contribution is -2.53. The number of carbonyl (C=O) groups excluding carboxylic acids is 1. The van der Waals surface area contributed by atoms with E-state index in [4.69, 9.17) is 16.3 Å². The fourth-order valence-electron chi connectivity index (χ4n) is 6.30. The number of amides is 1. The van der Waals surface area contributed by atoms with Gasteiger partial charge in [0, 0.05) is 56.9 Å². The molecule has 248 valence electrons. The first kappa shape index (κ1) is 33.9. The number of likely N-dealkylation sites (tertiary alicyclic amines) is 1. The topological polar surface area (TPSA) is 39.3 Å². The van der Waals surface area contributed by atoms with Crippen LogP contribution in [0.25, 0.3) is 0 Å². The van der Waals surface area contributed by atoms with Crippen molar-refractivity contribution in [2.24, 2.45) is 0 Å². The lowest BCUT2D eigenvalue weighted by atomic mass is 10.0. The summed E-state index contributed by atoms with van der Waals surface area (Å²) in [5, 5.41) is 0.547. The zero-order valence-electron chi connectivity index (χ0n) is 25.4. The van der Waals surface area contributed by atoms with E-state index in [1.807, 2.05) is 52.3 Å². The summed E-state index contributed by atoms with van der Waals surface area (Å²) in [6.45, 7) is 2.84. The predicted molar refractivity (Wildman–Crippen MR) is 164 cm³/mol. The number of methoxy groups -OCH3 is 1.